The smallest absolute Gasteiger partial charge is 0.0998 e. The lowest BCUT2D eigenvalue weighted by atomic mass is 9.50. The Labute approximate surface area is 82.9 Å². The Morgan fingerprint density at radius 3 is 2.75 bits per heavy atom. The minimum Gasteiger partial charge on any atom is -0.398 e. The van der Waals surface area contributed by atoms with Gasteiger partial charge in [-0.05, 0) is 24.1 Å². The molecule has 0 amide bonds. The van der Waals surface area contributed by atoms with Crippen molar-refractivity contribution in [2.45, 2.75) is 12.9 Å². The molecule has 1 N–H and O–H groups in total. The molecule has 12 heavy (non-hydrogen) atoms. The van der Waals surface area contributed by atoms with Gasteiger partial charge in [-0.25, -0.2) is 0 Å². The van der Waals surface area contributed by atoms with Crippen LogP contribution in [0.2, 0.25) is 0 Å². The van der Waals surface area contributed by atoms with E-state index in [-0.39, 0.29) is 0 Å². The van der Waals surface area contributed by atoms with Gasteiger partial charge >= 0.3 is 0 Å². The summed E-state index contributed by atoms with van der Waals surface area (Å²) >= 11 is 3.38. The van der Waals surface area contributed by atoms with E-state index in [0.29, 0.717) is 0 Å². The Balaban J connectivity index is 2.96. The zero-order valence-corrected chi connectivity index (χ0v) is 8.38. The maximum atomic E-state index is 9.35. The molecule has 0 spiro atoms. The maximum absolute atomic E-state index is 9.35. The SMILES string of the molecule is [B][B]C(O)c1ccc(Br)c(C)c1. The number of rotatable bonds is 2. The molecule has 0 aliphatic heterocycles. The van der Waals surface area contributed by atoms with Crippen LogP contribution in [0.5, 0.6) is 0 Å². The fourth-order valence-corrected chi connectivity index (χ4v) is 1.21. The van der Waals surface area contributed by atoms with Gasteiger partial charge in [-0.3, -0.25) is 0 Å². The van der Waals surface area contributed by atoms with Gasteiger partial charge in [0.2, 0.25) is 0 Å². The zero-order valence-electron chi connectivity index (χ0n) is 6.79. The van der Waals surface area contributed by atoms with Crippen LogP contribution in [0.4, 0.5) is 0 Å². The first kappa shape index (κ1) is 9.87. The van der Waals surface area contributed by atoms with Crippen molar-refractivity contribution in [2.24, 2.45) is 0 Å². The number of hydrogen-bond donors (Lipinski definition) is 1. The van der Waals surface area contributed by atoms with Crippen LogP contribution in [-0.2, 0) is 0 Å². The third-order valence-corrected chi connectivity index (χ3v) is 2.60. The fraction of sp³-hybridized carbons (Fsp3) is 0.250. The second kappa shape index (κ2) is 4.15. The molecule has 0 saturated heterocycles. The van der Waals surface area contributed by atoms with Gasteiger partial charge < -0.3 is 5.11 Å². The largest absolute Gasteiger partial charge is 0.398 e. The van der Waals surface area contributed by atoms with Crippen LogP contribution >= 0.6 is 15.9 Å². The van der Waals surface area contributed by atoms with Crippen LogP contribution in [-0.4, -0.2) is 20.0 Å². The third-order valence-electron chi connectivity index (χ3n) is 1.71. The highest BCUT2D eigenvalue weighted by atomic mass is 79.9. The molecule has 1 atom stereocenters. The summed E-state index contributed by atoms with van der Waals surface area (Å²) in [5.74, 6) is 0. The molecule has 1 rings (SSSR count). The summed E-state index contributed by atoms with van der Waals surface area (Å²) in [6, 6.07) is 4.97. The standard InChI is InChI=1S/C8H8B2BrO/c1-5-4-6(8(12)10-9)2-3-7(5)11/h2-4,8,12H,1H3. The van der Waals surface area contributed by atoms with Crippen LogP contribution < -0.4 is 0 Å². The Hall–Kier alpha value is -0.210. The molecule has 0 saturated carbocycles. The molecule has 0 bridgehead atoms. The van der Waals surface area contributed by atoms with E-state index in [0.717, 1.165) is 15.6 Å². The minimum absolute atomic E-state index is 0.670. The molecular formula is C8H8B2BrO. The zero-order chi connectivity index (χ0) is 9.14. The van der Waals surface area contributed by atoms with Crippen molar-refractivity contribution in [3.05, 3.63) is 33.8 Å². The molecule has 1 aromatic rings. The lowest BCUT2D eigenvalue weighted by molar-refractivity contribution is 0.260. The van der Waals surface area contributed by atoms with E-state index < -0.39 is 6.00 Å². The molecule has 1 aromatic carbocycles. The normalized spacial score (nSPS) is 12.6. The highest BCUT2D eigenvalue weighted by Gasteiger charge is 2.05. The first-order chi connectivity index (χ1) is 5.65. The maximum Gasteiger partial charge on any atom is 0.0998 e. The minimum atomic E-state index is -0.670. The van der Waals surface area contributed by atoms with Crippen molar-refractivity contribution in [1.82, 2.24) is 0 Å². The van der Waals surface area contributed by atoms with Gasteiger partial charge in [0.15, 0.2) is 0 Å². The van der Waals surface area contributed by atoms with Crippen LogP contribution in [0, 0.1) is 6.92 Å². The molecule has 0 aliphatic rings. The fourth-order valence-electron chi connectivity index (χ4n) is 0.963. The highest BCUT2D eigenvalue weighted by Crippen LogP contribution is 2.20. The molecular weight excluding hydrogens is 214 g/mol. The Morgan fingerprint density at radius 2 is 2.25 bits per heavy atom. The van der Waals surface area contributed by atoms with E-state index >= 15 is 0 Å². The van der Waals surface area contributed by atoms with Crippen molar-refractivity contribution in [1.29, 1.82) is 0 Å². The summed E-state index contributed by atoms with van der Waals surface area (Å²) in [5, 5.41) is 9.35. The van der Waals surface area contributed by atoms with Crippen LogP contribution in [0.15, 0.2) is 22.7 Å². The van der Waals surface area contributed by atoms with E-state index in [9.17, 15) is 5.11 Å². The van der Waals surface area contributed by atoms with Crippen molar-refractivity contribution in [2.75, 3.05) is 0 Å². The van der Waals surface area contributed by atoms with Crippen LogP contribution in [0.3, 0.4) is 0 Å². The molecule has 3 radical (unpaired) electrons. The van der Waals surface area contributed by atoms with Crippen molar-refractivity contribution in [3.8, 4) is 0 Å². The summed E-state index contributed by atoms with van der Waals surface area (Å²) in [6.07, 6.45) is 0. The number of hydrogen-bond acceptors (Lipinski definition) is 1. The monoisotopic (exact) mass is 221 g/mol. The lowest BCUT2D eigenvalue weighted by Gasteiger charge is -2.09. The molecule has 0 heterocycles. The van der Waals surface area contributed by atoms with Gasteiger partial charge in [-0.1, -0.05) is 28.1 Å². The van der Waals surface area contributed by atoms with Crippen LogP contribution in [0.1, 0.15) is 17.1 Å². The second-order valence-corrected chi connectivity index (χ2v) is 3.50. The Kier molecular flexibility index (Phi) is 3.41. The summed E-state index contributed by atoms with van der Waals surface area (Å²) in [6.45, 7) is 1.97. The number of aliphatic hydroxyl groups is 1. The van der Waals surface area contributed by atoms with E-state index in [1.54, 1.807) is 0 Å². The second-order valence-electron chi connectivity index (χ2n) is 2.65. The summed E-state index contributed by atoms with van der Waals surface area (Å²) in [7, 11) is 6.47. The van der Waals surface area contributed by atoms with E-state index in [2.05, 4.69) is 15.9 Å². The third kappa shape index (κ3) is 2.14. The number of aliphatic hydroxyl groups excluding tert-OH is 1. The molecule has 1 nitrogen and oxygen atoms in total. The van der Waals surface area contributed by atoms with Gasteiger partial charge in [0.1, 0.15) is 0 Å². The predicted octanol–water partition coefficient (Wildman–Crippen LogP) is 1.54. The van der Waals surface area contributed by atoms with E-state index in [4.69, 9.17) is 7.74 Å². The van der Waals surface area contributed by atoms with Gasteiger partial charge in [0, 0.05) is 18.2 Å². The lowest BCUT2D eigenvalue weighted by Crippen LogP contribution is -2.07. The molecule has 4 heteroatoms. The summed E-state index contributed by atoms with van der Waals surface area (Å²) in [5.41, 5.74) is 1.91. The van der Waals surface area contributed by atoms with Gasteiger partial charge in [0.05, 0.1) is 7.17 Å². The van der Waals surface area contributed by atoms with Gasteiger partial charge in [-0.15, -0.1) is 0 Å². The van der Waals surface area contributed by atoms with E-state index in [1.165, 1.54) is 7.17 Å². The highest BCUT2D eigenvalue weighted by molar-refractivity contribution is 9.10. The molecule has 0 aliphatic carbocycles. The average Bonchev–Trinajstić information content (AvgIpc) is 2.08. The number of aryl methyl sites for hydroxylation is 1. The summed E-state index contributed by atoms with van der Waals surface area (Å²) in [4.78, 5) is 0. The van der Waals surface area contributed by atoms with Gasteiger partial charge in [0.25, 0.3) is 0 Å². The summed E-state index contributed by atoms with van der Waals surface area (Å²) < 4.78 is 1.04. The van der Waals surface area contributed by atoms with Crippen molar-refractivity contribution >= 4 is 30.8 Å². The van der Waals surface area contributed by atoms with Crippen molar-refractivity contribution in [3.63, 3.8) is 0 Å². The molecule has 0 fully saturated rings. The van der Waals surface area contributed by atoms with E-state index in [1.807, 2.05) is 25.1 Å². The predicted molar refractivity (Wildman–Crippen MR) is 55.3 cm³/mol. The average molecular weight is 222 g/mol. The molecule has 59 valence electrons. The number of halogens is 1. The Bertz CT molecular complexity index is 278. The van der Waals surface area contributed by atoms with Gasteiger partial charge in [-0.2, -0.15) is 0 Å². The molecule has 1 unspecified atom stereocenters. The van der Waals surface area contributed by atoms with Crippen LogP contribution in [0.25, 0.3) is 0 Å². The number of benzene rings is 1. The van der Waals surface area contributed by atoms with Crippen molar-refractivity contribution < 1.29 is 5.11 Å². The Morgan fingerprint density at radius 1 is 1.58 bits per heavy atom. The topological polar surface area (TPSA) is 20.2 Å². The molecule has 0 aromatic heterocycles. The first-order valence-electron chi connectivity index (χ1n) is 3.64. The quantitative estimate of drug-likeness (QED) is 0.752. The first-order valence-corrected chi connectivity index (χ1v) is 4.43.